The van der Waals surface area contributed by atoms with Crippen molar-refractivity contribution < 1.29 is 27.6 Å². The van der Waals surface area contributed by atoms with Gasteiger partial charge in [0.25, 0.3) is 5.91 Å². The van der Waals surface area contributed by atoms with Crippen molar-refractivity contribution in [2.75, 3.05) is 25.0 Å². The van der Waals surface area contributed by atoms with E-state index in [1.54, 1.807) is 36.4 Å². The van der Waals surface area contributed by atoms with Crippen LogP contribution in [0, 0.1) is 10.1 Å². The van der Waals surface area contributed by atoms with E-state index in [1.165, 1.54) is 16.4 Å². The molecule has 3 aromatic carbocycles. The summed E-state index contributed by atoms with van der Waals surface area (Å²) < 4.78 is 38.0. The molecule has 1 N–H and O–H groups in total. The van der Waals surface area contributed by atoms with Gasteiger partial charge in [-0.15, -0.1) is 0 Å². The Kier molecular flexibility index (Phi) is 7.28. The summed E-state index contributed by atoms with van der Waals surface area (Å²) in [6.07, 6.45) is 1.49. The Morgan fingerprint density at radius 1 is 0.971 bits per heavy atom. The number of amides is 1. The third-order valence-electron chi connectivity index (χ3n) is 5.32. The quantitative estimate of drug-likeness (QED) is 0.347. The minimum absolute atomic E-state index is 0.185. The molecule has 1 saturated heterocycles. The van der Waals surface area contributed by atoms with Gasteiger partial charge in [-0.1, -0.05) is 30.3 Å². The van der Waals surface area contributed by atoms with Gasteiger partial charge in [0.1, 0.15) is 5.75 Å². The van der Waals surface area contributed by atoms with Crippen LogP contribution in [0.3, 0.4) is 0 Å². The molecule has 1 amide bonds. The number of carbonyl (C=O) groups is 1. The molecule has 1 fully saturated rings. The second-order valence-corrected chi connectivity index (χ2v) is 9.68. The number of carbonyl (C=O) groups excluding carboxylic acids is 1. The summed E-state index contributed by atoms with van der Waals surface area (Å²) in [4.78, 5) is 23.2. The number of rotatable bonds is 9. The highest BCUT2D eigenvalue weighted by molar-refractivity contribution is 7.89. The summed E-state index contributed by atoms with van der Waals surface area (Å²) in [5.74, 6) is 0.219. The second kappa shape index (κ2) is 10.5. The molecule has 0 atom stereocenters. The van der Waals surface area contributed by atoms with E-state index in [2.05, 4.69) is 5.32 Å². The molecule has 0 radical (unpaired) electrons. The highest BCUT2D eigenvalue weighted by Crippen LogP contribution is 2.32. The van der Waals surface area contributed by atoms with Gasteiger partial charge < -0.3 is 14.8 Å². The van der Waals surface area contributed by atoms with Gasteiger partial charge in [-0.05, 0) is 49.2 Å². The van der Waals surface area contributed by atoms with E-state index in [4.69, 9.17) is 9.47 Å². The van der Waals surface area contributed by atoms with Gasteiger partial charge >= 0.3 is 5.69 Å². The molecule has 11 heteroatoms. The topological polar surface area (TPSA) is 128 Å². The van der Waals surface area contributed by atoms with Crippen LogP contribution in [0.25, 0.3) is 0 Å². The van der Waals surface area contributed by atoms with Crippen molar-refractivity contribution in [2.45, 2.75) is 17.7 Å². The van der Waals surface area contributed by atoms with Crippen LogP contribution < -0.4 is 14.8 Å². The summed E-state index contributed by atoms with van der Waals surface area (Å²) in [5, 5.41) is 14.2. The number of hydrogen-bond acceptors (Lipinski definition) is 7. The molecule has 0 spiro atoms. The lowest BCUT2D eigenvalue weighted by molar-refractivity contribution is -0.386. The fraction of sp³-hybridized carbons (Fsp3) is 0.208. The van der Waals surface area contributed by atoms with Gasteiger partial charge in [0.15, 0.2) is 18.1 Å². The van der Waals surface area contributed by atoms with Crippen LogP contribution in [0.4, 0.5) is 11.4 Å². The summed E-state index contributed by atoms with van der Waals surface area (Å²) in [7, 11) is -3.83. The van der Waals surface area contributed by atoms with E-state index in [0.29, 0.717) is 30.3 Å². The number of para-hydroxylation sites is 3. The third kappa shape index (κ3) is 5.76. The van der Waals surface area contributed by atoms with Gasteiger partial charge in [0.2, 0.25) is 10.0 Å². The summed E-state index contributed by atoms with van der Waals surface area (Å²) in [5.41, 5.74) is -0.141. The van der Waals surface area contributed by atoms with Crippen molar-refractivity contribution >= 4 is 27.3 Å². The number of benzene rings is 3. The van der Waals surface area contributed by atoms with Gasteiger partial charge in [0.05, 0.1) is 15.5 Å². The molecule has 0 unspecified atom stereocenters. The van der Waals surface area contributed by atoms with Crippen molar-refractivity contribution in [2.24, 2.45) is 0 Å². The van der Waals surface area contributed by atoms with Crippen LogP contribution in [0.5, 0.6) is 17.2 Å². The summed E-state index contributed by atoms with van der Waals surface area (Å²) in [6, 6.07) is 19.3. The van der Waals surface area contributed by atoms with Crippen LogP contribution >= 0.6 is 0 Å². The monoisotopic (exact) mass is 497 g/mol. The molecule has 3 aromatic rings. The van der Waals surface area contributed by atoms with Gasteiger partial charge in [0, 0.05) is 19.2 Å². The van der Waals surface area contributed by atoms with Crippen LogP contribution in [0.2, 0.25) is 0 Å². The average Bonchev–Trinajstić information content (AvgIpc) is 3.40. The SMILES string of the molecule is O=C(COc1ccc(S(=O)(=O)N2CCCC2)cc1[N+](=O)[O-])Nc1ccccc1Oc1ccccc1. The lowest BCUT2D eigenvalue weighted by Gasteiger charge is -2.16. The smallest absolute Gasteiger partial charge is 0.312 e. The highest BCUT2D eigenvalue weighted by atomic mass is 32.2. The van der Waals surface area contributed by atoms with E-state index in [0.717, 1.165) is 18.9 Å². The van der Waals surface area contributed by atoms with Crippen molar-refractivity contribution in [3.05, 3.63) is 82.9 Å². The molecular weight excluding hydrogens is 474 g/mol. The van der Waals surface area contributed by atoms with E-state index in [9.17, 15) is 23.3 Å². The second-order valence-electron chi connectivity index (χ2n) is 7.75. The molecule has 0 saturated carbocycles. The zero-order chi connectivity index (χ0) is 24.8. The number of hydrogen-bond donors (Lipinski definition) is 1. The number of ether oxygens (including phenoxy) is 2. The zero-order valence-corrected chi connectivity index (χ0v) is 19.4. The molecule has 0 bridgehead atoms. The first kappa shape index (κ1) is 24.2. The zero-order valence-electron chi connectivity index (χ0n) is 18.6. The van der Waals surface area contributed by atoms with E-state index < -0.39 is 33.1 Å². The van der Waals surface area contributed by atoms with E-state index >= 15 is 0 Å². The molecule has 35 heavy (non-hydrogen) atoms. The maximum absolute atomic E-state index is 12.7. The number of nitro groups is 1. The predicted molar refractivity (Wildman–Crippen MR) is 128 cm³/mol. The molecule has 1 aliphatic heterocycles. The lowest BCUT2D eigenvalue weighted by atomic mass is 10.3. The van der Waals surface area contributed by atoms with Crippen LogP contribution in [-0.2, 0) is 14.8 Å². The Balaban J connectivity index is 1.45. The number of nitrogens with one attached hydrogen (secondary N) is 1. The van der Waals surface area contributed by atoms with Gasteiger partial charge in [-0.3, -0.25) is 14.9 Å². The molecule has 0 aliphatic carbocycles. The first-order valence-electron chi connectivity index (χ1n) is 10.9. The van der Waals surface area contributed by atoms with Crippen molar-refractivity contribution in [1.82, 2.24) is 4.31 Å². The number of sulfonamides is 1. The Hall–Kier alpha value is -3.96. The normalized spacial score (nSPS) is 13.8. The fourth-order valence-electron chi connectivity index (χ4n) is 3.60. The van der Waals surface area contributed by atoms with E-state index in [-0.39, 0.29) is 10.6 Å². The Morgan fingerprint density at radius 3 is 2.37 bits per heavy atom. The number of nitrogens with zero attached hydrogens (tertiary/aromatic N) is 2. The molecule has 0 aromatic heterocycles. The third-order valence-corrected chi connectivity index (χ3v) is 7.22. The average molecular weight is 498 g/mol. The van der Waals surface area contributed by atoms with Gasteiger partial charge in [-0.2, -0.15) is 4.31 Å². The molecule has 1 aliphatic rings. The maximum Gasteiger partial charge on any atom is 0.312 e. The molecule has 10 nitrogen and oxygen atoms in total. The Labute approximate surface area is 202 Å². The lowest BCUT2D eigenvalue weighted by Crippen LogP contribution is -2.28. The standard InChI is InChI=1S/C24H23N3O7S/c28-24(25-20-10-4-5-11-22(20)34-18-8-2-1-3-9-18)17-33-23-13-12-19(16-21(23)27(29)30)35(31,32)26-14-6-7-15-26/h1-5,8-13,16H,6-7,14-15,17H2,(H,25,28). The van der Waals surface area contributed by atoms with Crippen molar-refractivity contribution in [1.29, 1.82) is 0 Å². The van der Waals surface area contributed by atoms with Crippen molar-refractivity contribution in [3.63, 3.8) is 0 Å². The van der Waals surface area contributed by atoms with Crippen LogP contribution in [-0.4, -0.2) is 43.2 Å². The first-order chi connectivity index (χ1) is 16.8. The van der Waals surface area contributed by atoms with Crippen LogP contribution in [0.1, 0.15) is 12.8 Å². The predicted octanol–water partition coefficient (Wildman–Crippen LogP) is 4.19. The summed E-state index contributed by atoms with van der Waals surface area (Å²) in [6.45, 7) is 0.229. The fourth-order valence-corrected chi connectivity index (χ4v) is 5.14. The minimum atomic E-state index is -3.83. The summed E-state index contributed by atoms with van der Waals surface area (Å²) >= 11 is 0. The minimum Gasteiger partial charge on any atom is -0.477 e. The molecule has 1 heterocycles. The Bertz CT molecular complexity index is 1320. The van der Waals surface area contributed by atoms with E-state index in [1.807, 2.05) is 18.2 Å². The number of nitro benzene ring substituents is 1. The van der Waals surface area contributed by atoms with Crippen LogP contribution in [0.15, 0.2) is 77.7 Å². The van der Waals surface area contributed by atoms with Crippen molar-refractivity contribution in [3.8, 4) is 17.2 Å². The van der Waals surface area contributed by atoms with Gasteiger partial charge in [-0.25, -0.2) is 8.42 Å². The molecule has 182 valence electrons. The Morgan fingerprint density at radius 2 is 1.66 bits per heavy atom. The largest absolute Gasteiger partial charge is 0.477 e. The molecular formula is C24H23N3O7S. The first-order valence-corrected chi connectivity index (χ1v) is 12.3. The number of anilines is 1. The highest BCUT2D eigenvalue weighted by Gasteiger charge is 2.30. The molecule has 4 rings (SSSR count). The maximum atomic E-state index is 12.7.